The summed E-state index contributed by atoms with van der Waals surface area (Å²) in [6.07, 6.45) is 0.429. The molecule has 5 heteroatoms. The SMILES string of the molecule is NC1CC(=O)N(c2ccc(Cl)cc2I)C1. The van der Waals surface area contributed by atoms with Gasteiger partial charge in [-0.1, -0.05) is 11.6 Å². The summed E-state index contributed by atoms with van der Waals surface area (Å²) in [5.41, 5.74) is 6.64. The van der Waals surface area contributed by atoms with Crippen molar-refractivity contribution < 1.29 is 4.79 Å². The number of nitrogens with zero attached hydrogens (tertiary/aromatic N) is 1. The van der Waals surface area contributed by atoms with Crippen LogP contribution in [0.5, 0.6) is 0 Å². The third kappa shape index (κ3) is 2.26. The van der Waals surface area contributed by atoms with Crippen molar-refractivity contribution in [2.24, 2.45) is 5.73 Å². The summed E-state index contributed by atoms with van der Waals surface area (Å²) in [4.78, 5) is 13.4. The Morgan fingerprint density at radius 2 is 2.27 bits per heavy atom. The van der Waals surface area contributed by atoms with Gasteiger partial charge in [-0.2, -0.15) is 0 Å². The highest BCUT2D eigenvalue weighted by Crippen LogP contribution is 2.28. The largest absolute Gasteiger partial charge is 0.326 e. The molecule has 1 aromatic rings. The Kier molecular flexibility index (Phi) is 3.18. The standard InChI is InChI=1S/C10H10ClIN2O/c11-6-1-2-9(8(12)3-6)14-5-7(13)4-10(14)15/h1-3,7H,4-5,13H2. The summed E-state index contributed by atoms with van der Waals surface area (Å²) in [7, 11) is 0. The normalized spacial score (nSPS) is 21.1. The van der Waals surface area contributed by atoms with Crippen LogP contribution in [-0.2, 0) is 4.79 Å². The Morgan fingerprint density at radius 3 is 2.80 bits per heavy atom. The molecule has 1 unspecified atom stereocenters. The monoisotopic (exact) mass is 336 g/mol. The second-order valence-electron chi connectivity index (χ2n) is 3.56. The molecule has 1 aliphatic rings. The lowest BCUT2D eigenvalue weighted by Crippen LogP contribution is -2.28. The molecule has 0 bridgehead atoms. The van der Waals surface area contributed by atoms with Gasteiger partial charge in [-0.3, -0.25) is 4.79 Å². The summed E-state index contributed by atoms with van der Waals surface area (Å²) in [5.74, 6) is 0.0859. The highest BCUT2D eigenvalue weighted by Gasteiger charge is 2.29. The number of halogens is 2. The van der Waals surface area contributed by atoms with Crippen LogP contribution in [0, 0.1) is 3.57 Å². The number of nitrogens with two attached hydrogens (primary N) is 1. The number of hydrogen-bond donors (Lipinski definition) is 1. The molecule has 3 nitrogen and oxygen atoms in total. The van der Waals surface area contributed by atoms with Crippen LogP contribution in [0.2, 0.25) is 5.02 Å². The first-order valence-electron chi connectivity index (χ1n) is 4.59. The fraction of sp³-hybridized carbons (Fsp3) is 0.300. The maximum absolute atomic E-state index is 11.6. The van der Waals surface area contributed by atoms with Crippen LogP contribution in [0.4, 0.5) is 5.69 Å². The molecule has 80 valence electrons. The molecule has 2 rings (SSSR count). The molecule has 0 radical (unpaired) electrons. The van der Waals surface area contributed by atoms with E-state index in [-0.39, 0.29) is 11.9 Å². The van der Waals surface area contributed by atoms with Crippen molar-refractivity contribution in [3.05, 3.63) is 26.8 Å². The van der Waals surface area contributed by atoms with E-state index in [1.165, 1.54) is 0 Å². The molecule has 0 aromatic heterocycles. The third-order valence-electron chi connectivity index (χ3n) is 2.36. The van der Waals surface area contributed by atoms with Gasteiger partial charge in [0.25, 0.3) is 0 Å². The molecular weight excluding hydrogens is 326 g/mol. The van der Waals surface area contributed by atoms with Crippen molar-refractivity contribution in [3.63, 3.8) is 0 Å². The van der Waals surface area contributed by atoms with Crippen LogP contribution in [-0.4, -0.2) is 18.5 Å². The summed E-state index contributed by atoms with van der Waals surface area (Å²) >= 11 is 8.03. The minimum absolute atomic E-state index is 0.0519. The van der Waals surface area contributed by atoms with Gasteiger partial charge in [0, 0.05) is 27.6 Å². The fourth-order valence-corrected chi connectivity index (χ4v) is 2.83. The molecule has 1 saturated heterocycles. The van der Waals surface area contributed by atoms with Gasteiger partial charge in [0.15, 0.2) is 0 Å². The third-order valence-corrected chi connectivity index (χ3v) is 3.45. The molecule has 1 atom stereocenters. The average Bonchev–Trinajstić information content (AvgIpc) is 2.45. The maximum Gasteiger partial charge on any atom is 0.228 e. The first-order valence-corrected chi connectivity index (χ1v) is 6.04. The highest BCUT2D eigenvalue weighted by atomic mass is 127. The summed E-state index contributed by atoms with van der Waals surface area (Å²) < 4.78 is 0.975. The Labute approximate surface area is 107 Å². The molecular formula is C10H10ClIN2O. The Hall–Kier alpha value is -0.330. The second-order valence-corrected chi connectivity index (χ2v) is 5.16. The van der Waals surface area contributed by atoms with Crippen molar-refractivity contribution in [2.45, 2.75) is 12.5 Å². The Balaban J connectivity index is 2.34. The maximum atomic E-state index is 11.6. The van der Waals surface area contributed by atoms with E-state index >= 15 is 0 Å². The van der Waals surface area contributed by atoms with E-state index < -0.39 is 0 Å². The topological polar surface area (TPSA) is 46.3 Å². The van der Waals surface area contributed by atoms with Crippen LogP contribution in [0.25, 0.3) is 0 Å². The lowest BCUT2D eigenvalue weighted by molar-refractivity contribution is -0.117. The van der Waals surface area contributed by atoms with E-state index in [4.69, 9.17) is 17.3 Å². The molecule has 15 heavy (non-hydrogen) atoms. The molecule has 0 aliphatic carbocycles. The van der Waals surface area contributed by atoms with Crippen molar-refractivity contribution in [2.75, 3.05) is 11.4 Å². The molecule has 1 aromatic carbocycles. The lowest BCUT2D eigenvalue weighted by Gasteiger charge is -2.17. The molecule has 1 amide bonds. The van der Waals surface area contributed by atoms with Crippen molar-refractivity contribution in [1.29, 1.82) is 0 Å². The van der Waals surface area contributed by atoms with Crippen molar-refractivity contribution in [3.8, 4) is 0 Å². The zero-order valence-electron chi connectivity index (χ0n) is 7.91. The smallest absolute Gasteiger partial charge is 0.228 e. The van der Waals surface area contributed by atoms with Crippen LogP contribution in [0.15, 0.2) is 18.2 Å². The lowest BCUT2D eigenvalue weighted by atomic mass is 10.3. The number of carbonyl (C=O) groups is 1. The number of amides is 1. The second kappa shape index (κ2) is 4.27. The van der Waals surface area contributed by atoms with Gasteiger partial charge in [0.1, 0.15) is 0 Å². The first-order chi connectivity index (χ1) is 7.08. The zero-order valence-corrected chi connectivity index (χ0v) is 10.8. The average molecular weight is 337 g/mol. The van der Waals surface area contributed by atoms with E-state index in [0.717, 1.165) is 9.26 Å². The van der Waals surface area contributed by atoms with Gasteiger partial charge in [-0.15, -0.1) is 0 Å². The minimum atomic E-state index is -0.0519. The van der Waals surface area contributed by atoms with Gasteiger partial charge < -0.3 is 10.6 Å². The van der Waals surface area contributed by atoms with Gasteiger partial charge in [-0.05, 0) is 40.8 Å². The first kappa shape index (κ1) is 11.2. The molecule has 1 fully saturated rings. The van der Waals surface area contributed by atoms with Gasteiger partial charge >= 0.3 is 0 Å². The van der Waals surface area contributed by atoms with Crippen LogP contribution < -0.4 is 10.6 Å². The van der Waals surface area contributed by atoms with Crippen LogP contribution >= 0.6 is 34.2 Å². The Morgan fingerprint density at radius 1 is 1.53 bits per heavy atom. The molecule has 1 aliphatic heterocycles. The highest BCUT2D eigenvalue weighted by molar-refractivity contribution is 14.1. The van der Waals surface area contributed by atoms with E-state index in [9.17, 15) is 4.79 Å². The van der Waals surface area contributed by atoms with E-state index in [1.54, 1.807) is 11.0 Å². The number of anilines is 1. The quantitative estimate of drug-likeness (QED) is 0.798. The molecule has 1 heterocycles. The van der Waals surface area contributed by atoms with Gasteiger partial charge in [-0.25, -0.2) is 0 Å². The number of carbonyl (C=O) groups excluding carboxylic acids is 1. The van der Waals surface area contributed by atoms with E-state index in [1.807, 2.05) is 12.1 Å². The Bertz CT molecular complexity index is 410. The summed E-state index contributed by atoms with van der Waals surface area (Å²) in [5, 5.41) is 0.680. The van der Waals surface area contributed by atoms with Gasteiger partial charge in [0.2, 0.25) is 5.91 Å². The molecule has 2 N–H and O–H groups in total. The van der Waals surface area contributed by atoms with Crippen molar-refractivity contribution >= 4 is 45.8 Å². The predicted molar refractivity (Wildman–Crippen MR) is 69.1 cm³/mol. The zero-order chi connectivity index (χ0) is 11.0. The van der Waals surface area contributed by atoms with Gasteiger partial charge in [0.05, 0.1) is 5.69 Å². The number of rotatable bonds is 1. The minimum Gasteiger partial charge on any atom is -0.326 e. The molecule has 0 saturated carbocycles. The van der Waals surface area contributed by atoms with Crippen LogP contribution in [0.1, 0.15) is 6.42 Å². The molecule has 0 spiro atoms. The number of hydrogen-bond acceptors (Lipinski definition) is 2. The number of benzene rings is 1. The van der Waals surface area contributed by atoms with Crippen LogP contribution in [0.3, 0.4) is 0 Å². The van der Waals surface area contributed by atoms with Crippen molar-refractivity contribution in [1.82, 2.24) is 0 Å². The fourth-order valence-electron chi connectivity index (χ4n) is 1.67. The van der Waals surface area contributed by atoms with E-state index in [2.05, 4.69) is 22.6 Å². The summed E-state index contributed by atoms with van der Waals surface area (Å²) in [6.45, 7) is 0.594. The predicted octanol–water partition coefficient (Wildman–Crippen LogP) is 2.01. The van der Waals surface area contributed by atoms with E-state index in [0.29, 0.717) is 18.0 Å². The summed E-state index contributed by atoms with van der Waals surface area (Å²) in [6, 6.07) is 5.44.